The van der Waals surface area contributed by atoms with Crippen LogP contribution in [-0.4, -0.2) is 25.1 Å². The second kappa shape index (κ2) is 5.26. The summed E-state index contributed by atoms with van der Waals surface area (Å²) in [6, 6.07) is 5.24. The van der Waals surface area contributed by atoms with Gasteiger partial charge in [-0.1, -0.05) is 6.07 Å². The number of benzene rings is 1. The number of thioether (sulfide) groups is 1. The van der Waals surface area contributed by atoms with E-state index in [0.29, 0.717) is 6.04 Å². The van der Waals surface area contributed by atoms with Gasteiger partial charge in [-0.15, -0.1) is 0 Å². The van der Waals surface area contributed by atoms with E-state index in [1.165, 1.54) is 6.07 Å². The highest BCUT2D eigenvalue weighted by molar-refractivity contribution is 7.98. The lowest BCUT2D eigenvalue weighted by Gasteiger charge is -2.27. The highest BCUT2D eigenvalue weighted by Crippen LogP contribution is 2.26. The molecule has 4 heteroatoms. The fourth-order valence-corrected chi connectivity index (χ4v) is 2.13. The van der Waals surface area contributed by atoms with Crippen LogP contribution < -0.4 is 10.6 Å². The van der Waals surface area contributed by atoms with Crippen LogP contribution in [0.5, 0.6) is 0 Å². The van der Waals surface area contributed by atoms with Gasteiger partial charge >= 0.3 is 0 Å². The predicted molar refractivity (Wildman–Crippen MR) is 67.1 cm³/mol. The molecule has 84 valence electrons. The fourth-order valence-electron chi connectivity index (χ4n) is 1.42. The van der Waals surface area contributed by atoms with E-state index in [1.807, 2.05) is 18.0 Å². The van der Waals surface area contributed by atoms with Crippen LogP contribution in [0.25, 0.3) is 0 Å². The number of nitrogens with zero attached hydrogens (tertiary/aromatic N) is 1. The average molecular weight is 228 g/mol. The van der Waals surface area contributed by atoms with Gasteiger partial charge in [0, 0.05) is 18.8 Å². The number of para-hydroxylation sites is 1. The molecule has 0 spiro atoms. The Morgan fingerprint density at radius 2 is 2.20 bits per heavy atom. The van der Waals surface area contributed by atoms with Gasteiger partial charge < -0.3 is 10.6 Å². The first-order valence-electron chi connectivity index (χ1n) is 4.83. The third-order valence-corrected chi connectivity index (χ3v) is 3.29. The quantitative estimate of drug-likeness (QED) is 0.803. The monoisotopic (exact) mass is 228 g/mol. The first kappa shape index (κ1) is 12.2. The summed E-state index contributed by atoms with van der Waals surface area (Å²) in [7, 11) is 1.94. The molecule has 0 fully saturated rings. The summed E-state index contributed by atoms with van der Waals surface area (Å²) in [5, 5.41) is 0. The van der Waals surface area contributed by atoms with Gasteiger partial charge in [-0.2, -0.15) is 11.8 Å². The summed E-state index contributed by atoms with van der Waals surface area (Å²) in [6.45, 7) is 2.10. The maximum Gasteiger partial charge on any atom is 0.148 e. The van der Waals surface area contributed by atoms with Gasteiger partial charge in [0.25, 0.3) is 0 Å². The molecule has 0 amide bonds. The molecule has 1 rings (SSSR count). The van der Waals surface area contributed by atoms with E-state index < -0.39 is 0 Å². The Bertz CT molecular complexity index is 330. The van der Waals surface area contributed by atoms with Crippen molar-refractivity contribution in [2.75, 3.05) is 29.7 Å². The van der Waals surface area contributed by atoms with Crippen molar-refractivity contribution >= 4 is 23.1 Å². The lowest BCUT2D eigenvalue weighted by Crippen LogP contribution is -2.31. The molecule has 0 aliphatic rings. The molecular formula is C11H17FN2S. The summed E-state index contributed by atoms with van der Waals surface area (Å²) in [4.78, 5) is 2.01. The molecule has 0 saturated heterocycles. The van der Waals surface area contributed by atoms with Crippen LogP contribution >= 0.6 is 11.8 Å². The van der Waals surface area contributed by atoms with E-state index in [2.05, 4.69) is 13.2 Å². The van der Waals surface area contributed by atoms with Crippen LogP contribution in [0.15, 0.2) is 18.2 Å². The molecule has 1 aromatic rings. The molecule has 2 N–H and O–H groups in total. The van der Waals surface area contributed by atoms with Crippen molar-refractivity contribution in [1.82, 2.24) is 0 Å². The second-order valence-electron chi connectivity index (χ2n) is 3.59. The van der Waals surface area contributed by atoms with Crippen LogP contribution in [0.1, 0.15) is 6.92 Å². The molecule has 1 aromatic carbocycles. The minimum Gasteiger partial charge on any atom is -0.395 e. The minimum atomic E-state index is -0.351. The van der Waals surface area contributed by atoms with Crippen molar-refractivity contribution in [3.8, 4) is 0 Å². The van der Waals surface area contributed by atoms with Gasteiger partial charge in [0.05, 0.1) is 11.4 Å². The van der Waals surface area contributed by atoms with Crippen LogP contribution in [0.2, 0.25) is 0 Å². The third-order valence-electron chi connectivity index (χ3n) is 2.48. The average Bonchev–Trinajstić information content (AvgIpc) is 2.21. The van der Waals surface area contributed by atoms with Crippen LogP contribution in [0.4, 0.5) is 15.8 Å². The van der Waals surface area contributed by atoms with E-state index in [-0.39, 0.29) is 11.5 Å². The summed E-state index contributed by atoms with van der Waals surface area (Å²) in [5.74, 6) is 0.641. The standard InChI is InChI=1S/C11H17FN2S/c1-8(7-15-3)14(2)10-6-4-5-9(12)11(10)13/h4-6,8H,7,13H2,1-3H3. The van der Waals surface area contributed by atoms with Crippen LogP contribution in [0, 0.1) is 5.82 Å². The van der Waals surface area contributed by atoms with E-state index >= 15 is 0 Å². The zero-order chi connectivity index (χ0) is 11.4. The Labute approximate surface area is 94.6 Å². The summed E-state index contributed by atoms with van der Waals surface area (Å²) in [5.41, 5.74) is 6.68. The maximum atomic E-state index is 13.2. The van der Waals surface area contributed by atoms with Crippen molar-refractivity contribution in [2.24, 2.45) is 0 Å². The molecule has 0 bridgehead atoms. The summed E-state index contributed by atoms with van der Waals surface area (Å²) >= 11 is 1.77. The number of hydrogen-bond donors (Lipinski definition) is 1. The molecule has 0 aliphatic carbocycles. The maximum absolute atomic E-state index is 13.2. The Morgan fingerprint density at radius 1 is 1.53 bits per heavy atom. The lowest BCUT2D eigenvalue weighted by atomic mass is 10.2. The van der Waals surface area contributed by atoms with E-state index in [9.17, 15) is 4.39 Å². The van der Waals surface area contributed by atoms with Crippen molar-refractivity contribution in [3.05, 3.63) is 24.0 Å². The number of hydrogen-bond acceptors (Lipinski definition) is 3. The number of nitrogen functional groups attached to an aromatic ring is 1. The number of anilines is 2. The largest absolute Gasteiger partial charge is 0.395 e. The summed E-state index contributed by atoms with van der Waals surface area (Å²) in [6.07, 6.45) is 2.05. The normalized spacial score (nSPS) is 12.5. The van der Waals surface area contributed by atoms with Crippen molar-refractivity contribution in [2.45, 2.75) is 13.0 Å². The first-order chi connectivity index (χ1) is 7.07. The molecule has 0 aromatic heterocycles. The third kappa shape index (κ3) is 2.78. The first-order valence-corrected chi connectivity index (χ1v) is 6.23. The fraction of sp³-hybridized carbons (Fsp3) is 0.455. The van der Waals surface area contributed by atoms with Crippen molar-refractivity contribution in [3.63, 3.8) is 0 Å². The highest BCUT2D eigenvalue weighted by atomic mass is 32.2. The van der Waals surface area contributed by atoms with Crippen molar-refractivity contribution < 1.29 is 4.39 Å². The van der Waals surface area contributed by atoms with Gasteiger partial charge in [0.2, 0.25) is 0 Å². The Balaban J connectivity index is 2.90. The van der Waals surface area contributed by atoms with Crippen LogP contribution in [0.3, 0.4) is 0 Å². The zero-order valence-corrected chi connectivity index (χ0v) is 10.1. The van der Waals surface area contributed by atoms with Gasteiger partial charge in [-0.25, -0.2) is 4.39 Å². The highest BCUT2D eigenvalue weighted by Gasteiger charge is 2.13. The molecule has 0 saturated carbocycles. The second-order valence-corrected chi connectivity index (χ2v) is 4.50. The van der Waals surface area contributed by atoms with Gasteiger partial charge in [0.15, 0.2) is 0 Å². The zero-order valence-electron chi connectivity index (χ0n) is 9.33. The SMILES string of the molecule is CSCC(C)N(C)c1cccc(F)c1N. The van der Waals surface area contributed by atoms with Gasteiger partial charge in [-0.3, -0.25) is 0 Å². The number of nitrogens with two attached hydrogens (primary N) is 1. The van der Waals surface area contributed by atoms with Crippen LogP contribution in [-0.2, 0) is 0 Å². The van der Waals surface area contributed by atoms with E-state index in [0.717, 1.165) is 11.4 Å². The van der Waals surface area contributed by atoms with Gasteiger partial charge in [0.1, 0.15) is 5.82 Å². The van der Waals surface area contributed by atoms with Crippen molar-refractivity contribution in [1.29, 1.82) is 0 Å². The number of halogens is 1. The van der Waals surface area contributed by atoms with E-state index in [1.54, 1.807) is 17.8 Å². The molecule has 0 heterocycles. The molecule has 0 aliphatic heterocycles. The predicted octanol–water partition coefficient (Wildman–Crippen LogP) is 2.60. The number of rotatable bonds is 4. The van der Waals surface area contributed by atoms with Gasteiger partial charge in [-0.05, 0) is 25.3 Å². The van der Waals surface area contributed by atoms with E-state index in [4.69, 9.17) is 5.73 Å². The Kier molecular flexibility index (Phi) is 4.27. The topological polar surface area (TPSA) is 29.3 Å². The Hall–Kier alpha value is -0.900. The minimum absolute atomic E-state index is 0.230. The molecule has 1 atom stereocenters. The Morgan fingerprint density at radius 3 is 2.80 bits per heavy atom. The summed E-state index contributed by atoms with van der Waals surface area (Å²) < 4.78 is 13.2. The molecular weight excluding hydrogens is 211 g/mol. The molecule has 2 nitrogen and oxygen atoms in total. The smallest absolute Gasteiger partial charge is 0.148 e. The molecule has 0 radical (unpaired) electrons. The molecule has 1 unspecified atom stereocenters. The lowest BCUT2D eigenvalue weighted by molar-refractivity contribution is 0.631. The molecule has 15 heavy (non-hydrogen) atoms.